The zero-order valence-electron chi connectivity index (χ0n) is 24.5. The van der Waals surface area contributed by atoms with Crippen molar-refractivity contribution in [3.05, 3.63) is 32.6 Å². The summed E-state index contributed by atoms with van der Waals surface area (Å²) in [5, 5.41) is 21.0. The minimum absolute atomic E-state index is 0.0937. The van der Waals surface area contributed by atoms with Crippen molar-refractivity contribution in [2.45, 2.75) is 130 Å². The fourth-order valence-electron chi connectivity index (χ4n) is 5.59. The van der Waals surface area contributed by atoms with Gasteiger partial charge >= 0.3 is 5.69 Å². The molecule has 3 N–H and O–H groups in total. The first kappa shape index (κ1) is 32.4. The van der Waals surface area contributed by atoms with E-state index in [9.17, 15) is 24.6 Å². The number of ether oxygens (including phenoxy) is 1. The van der Waals surface area contributed by atoms with Crippen LogP contribution >= 0.6 is 0 Å². The summed E-state index contributed by atoms with van der Waals surface area (Å²) in [5.74, 6) is 1.97. The number of carbonyl (C=O) groups excluding carboxylic acids is 1. The first-order valence-corrected chi connectivity index (χ1v) is 14.7. The van der Waals surface area contributed by atoms with Crippen LogP contribution in [0.1, 0.15) is 117 Å². The van der Waals surface area contributed by atoms with Crippen LogP contribution in [0.5, 0.6) is 0 Å². The van der Waals surface area contributed by atoms with E-state index in [2.05, 4.69) is 32.7 Å². The van der Waals surface area contributed by atoms with Gasteiger partial charge in [-0.05, 0) is 30.6 Å². The van der Waals surface area contributed by atoms with Crippen LogP contribution in [0.2, 0.25) is 0 Å². The number of H-pyrrole nitrogens is 1. The van der Waals surface area contributed by atoms with E-state index in [-0.39, 0.29) is 24.5 Å². The van der Waals surface area contributed by atoms with Crippen molar-refractivity contribution >= 4 is 5.78 Å². The molecule has 0 aliphatic carbocycles. The van der Waals surface area contributed by atoms with Gasteiger partial charge in [-0.3, -0.25) is 19.1 Å². The molecule has 1 aliphatic rings. The Kier molecular flexibility index (Phi) is 12.9. The number of hydrogen-bond acceptors (Lipinski definition) is 6. The van der Waals surface area contributed by atoms with Crippen LogP contribution in [0.25, 0.3) is 0 Å². The first-order valence-electron chi connectivity index (χ1n) is 14.7. The minimum Gasteiger partial charge on any atom is -0.394 e. The third-order valence-corrected chi connectivity index (χ3v) is 8.24. The van der Waals surface area contributed by atoms with Gasteiger partial charge in [0.2, 0.25) is 0 Å². The second-order valence-corrected chi connectivity index (χ2v) is 12.5. The zero-order chi connectivity index (χ0) is 28.5. The first-order chi connectivity index (χ1) is 17.9. The molecule has 8 nitrogen and oxygen atoms in total. The Morgan fingerprint density at radius 1 is 1.00 bits per heavy atom. The normalized spacial score (nSPS) is 24.0. The largest absolute Gasteiger partial charge is 0.394 e. The number of aliphatic hydroxyl groups is 2. The fraction of sp³-hybridized carbons (Fsp3) is 0.833. The van der Waals surface area contributed by atoms with E-state index in [4.69, 9.17) is 4.74 Å². The molecule has 1 saturated heterocycles. The Morgan fingerprint density at radius 3 is 2.05 bits per heavy atom. The summed E-state index contributed by atoms with van der Waals surface area (Å²) in [5.41, 5.74) is -2.74. The second-order valence-electron chi connectivity index (χ2n) is 12.5. The van der Waals surface area contributed by atoms with Crippen molar-refractivity contribution in [2.24, 2.45) is 23.7 Å². The lowest BCUT2D eigenvalue weighted by atomic mass is 9.84. The third-order valence-electron chi connectivity index (χ3n) is 8.24. The molecule has 6 atom stereocenters. The number of aromatic amines is 1. The van der Waals surface area contributed by atoms with Crippen molar-refractivity contribution in [3.8, 4) is 0 Å². The van der Waals surface area contributed by atoms with Gasteiger partial charge in [-0.1, -0.05) is 92.4 Å². The number of hydrogen-bond donors (Lipinski definition) is 3. The number of Topliss-reactive ketones (excluding diaryl/α,β-unsaturated/α-hetero) is 1. The maximum Gasteiger partial charge on any atom is 0.330 e. The Balaban J connectivity index is 1.78. The summed E-state index contributed by atoms with van der Waals surface area (Å²) in [7, 11) is 0. The zero-order valence-corrected chi connectivity index (χ0v) is 24.5. The molecule has 1 aromatic heterocycles. The maximum atomic E-state index is 13.2. The molecule has 1 aromatic rings. The van der Waals surface area contributed by atoms with Crippen LogP contribution in [0.15, 0.2) is 15.8 Å². The van der Waals surface area contributed by atoms with E-state index < -0.39 is 35.8 Å². The lowest BCUT2D eigenvalue weighted by Gasteiger charge is -2.26. The topological polar surface area (TPSA) is 122 Å². The number of ketones is 1. The van der Waals surface area contributed by atoms with Crippen LogP contribution in [-0.4, -0.2) is 43.9 Å². The number of aromatic nitrogens is 2. The van der Waals surface area contributed by atoms with Gasteiger partial charge in [-0.25, -0.2) is 4.79 Å². The van der Waals surface area contributed by atoms with Crippen LogP contribution in [0.4, 0.5) is 0 Å². The predicted octanol–water partition coefficient (Wildman–Crippen LogP) is 4.89. The average molecular weight is 537 g/mol. The van der Waals surface area contributed by atoms with E-state index >= 15 is 0 Å². The number of nitrogens with zero attached hydrogens (tertiary/aromatic N) is 1. The Bertz CT molecular complexity index is 986. The highest BCUT2D eigenvalue weighted by atomic mass is 16.5. The smallest absolute Gasteiger partial charge is 0.330 e. The number of aryl methyl sites for hydroxylation is 1. The molecule has 1 fully saturated rings. The summed E-state index contributed by atoms with van der Waals surface area (Å²) in [4.78, 5) is 39.3. The van der Waals surface area contributed by atoms with Crippen molar-refractivity contribution in [1.82, 2.24) is 9.55 Å². The monoisotopic (exact) mass is 536 g/mol. The van der Waals surface area contributed by atoms with E-state index in [0.29, 0.717) is 11.5 Å². The summed E-state index contributed by atoms with van der Waals surface area (Å²) < 4.78 is 6.88. The standard InChI is InChI=1S/C30H52N2O6/c1-20(2)10-7-11-21(3)12-8-13-22(4)14-9-15-23(5)16-25(34)30(37)17-27(38-26(30)19-33)32-18-24(6)28(35)31-29(32)36/h18,20-23,26-27,33,37H,7-17,19H2,1-6H3,(H,31,35,36)/t21?,22?,23?,26-,27-,30-/m1/s1. The molecule has 2 heterocycles. The van der Waals surface area contributed by atoms with E-state index in [0.717, 1.165) is 31.1 Å². The molecule has 2 rings (SSSR count). The molecular formula is C30H52N2O6. The molecule has 8 heteroatoms. The van der Waals surface area contributed by atoms with Crippen LogP contribution < -0.4 is 11.2 Å². The number of rotatable bonds is 17. The van der Waals surface area contributed by atoms with Crippen molar-refractivity contribution in [3.63, 3.8) is 0 Å². The lowest BCUT2D eigenvalue weighted by molar-refractivity contribution is -0.147. The fourth-order valence-corrected chi connectivity index (χ4v) is 5.59. The molecule has 1 aliphatic heterocycles. The summed E-state index contributed by atoms with van der Waals surface area (Å²) in [6.07, 6.45) is 10.2. The quantitative estimate of drug-likeness (QED) is 0.261. The predicted molar refractivity (Wildman–Crippen MR) is 150 cm³/mol. The molecule has 218 valence electrons. The highest BCUT2D eigenvalue weighted by molar-refractivity contribution is 5.88. The van der Waals surface area contributed by atoms with Gasteiger partial charge in [-0.15, -0.1) is 0 Å². The molecule has 0 spiro atoms. The van der Waals surface area contributed by atoms with E-state index in [1.165, 1.54) is 49.3 Å². The van der Waals surface area contributed by atoms with Gasteiger partial charge in [-0.2, -0.15) is 0 Å². The van der Waals surface area contributed by atoms with Gasteiger partial charge in [0.25, 0.3) is 5.56 Å². The maximum absolute atomic E-state index is 13.2. The SMILES string of the molecule is Cc1cn([C@H]2C[C@@](O)(C(=O)CC(C)CCCC(C)CCCC(C)CCCC(C)C)[C@@H](CO)O2)c(=O)[nH]c1=O. The third kappa shape index (κ3) is 9.45. The van der Waals surface area contributed by atoms with Crippen molar-refractivity contribution in [1.29, 1.82) is 0 Å². The highest BCUT2D eigenvalue weighted by Crippen LogP contribution is 2.38. The van der Waals surface area contributed by atoms with Crippen molar-refractivity contribution < 1.29 is 19.7 Å². The lowest BCUT2D eigenvalue weighted by Crippen LogP contribution is -2.48. The summed E-state index contributed by atoms with van der Waals surface area (Å²) in [6, 6.07) is 0. The van der Waals surface area contributed by atoms with Crippen LogP contribution in [-0.2, 0) is 9.53 Å². The summed E-state index contributed by atoms with van der Waals surface area (Å²) >= 11 is 0. The molecule has 0 saturated carbocycles. The number of aliphatic hydroxyl groups excluding tert-OH is 1. The molecule has 0 radical (unpaired) electrons. The number of carbonyl (C=O) groups is 1. The molecule has 0 amide bonds. The van der Waals surface area contributed by atoms with Gasteiger partial charge in [0.05, 0.1) is 6.61 Å². The molecular weight excluding hydrogens is 484 g/mol. The van der Waals surface area contributed by atoms with Gasteiger partial charge in [0, 0.05) is 24.6 Å². The summed E-state index contributed by atoms with van der Waals surface area (Å²) in [6.45, 7) is 12.3. The van der Waals surface area contributed by atoms with Gasteiger partial charge in [0.1, 0.15) is 12.3 Å². The van der Waals surface area contributed by atoms with E-state index in [1.54, 1.807) is 6.92 Å². The second kappa shape index (κ2) is 15.1. The number of nitrogens with one attached hydrogen (secondary N) is 1. The Labute approximate surface area is 228 Å². The van der Waals surface area contributed by atoms with Gasteiger partial charge in [0.15, 0.2) is 11.4 Å². The molecule has 3 unspecified atom stereocenters. The molecule has 0 bridgehead atoms. The Hall–Kier alpha value is -1.77. The van der Waals surface area contributed by atoms with E-state index in [1.807, 2.05) is 6.92 Å². The highest BCUT2D eigenvalue weighted by Gasteiger charge is 2.52. The van der Waals surface area contributed by atoms with Crippen LogP contribution in [0, 0.1) is 30.6 Å². The average Bonchev–Trinajstić information content (AvgIpc) is 3.18. The van der Waals surface area contributed by atoms with Crippen LogP contribution in [0.3, 0.4) is 0 Å². The Morgan fingerprint density at radius 2 is 1.53 bits per heavy atom. The molecule has 0 aromatic carbocycles. The van der Waals surface area contributed by atoms with Gasteiger partial charge < -0.3 is 14.9 Å². The minimum atomic E-state index is -1.88. The molecule has 38 heavy (non-hydrogen) atoms. The van der Waals surface area contributed by atoms with Crippen molar-refractivity contribution in [2.75, 3.05) is 6.61 Å².